The lowest BCUT2D eigenvalue weighted by Gasteiger charge is -2.39. The van der Waals surface area contributed by atoms with Gasteiger partial charge in [0.2, 0.25) is 21.8 Å². The predicted octanol–water partition coefficient (Wildman–Crippen LogP) is 2.95. The first-order chi connectivity index (χ1) is 17.7. The van der Waals surface area contributed by atoms with Crippen LogP contribution in [-0.4, -0.2) is 79.8 Å². The Bertz CT molecular complexity index is 1190. The molecule has 2 aromatic carbocycles. The number of hydrogen-bond acceptors (Lipinski definition) is 5. The molecular formula is C27H34FN3O5S. The molecule has 1 saturated carbocycles. The lowest BCUT2D eigenvalue weighted by atomic mass is 10.0. The summed E-state index contributed by atoms with van der Waals surface area (Å²) in [5.41, 5.74) is 1.71. The molecule has 2 aromatic rings. The van der Waals surface area contributed by atoms with Crippen molar-refractivity contribution < 1.29 is 27.1 Å². The molecule has 1 heterocycles. The Balaban J connectivity index is 1.54. The van der Waals surface area contributed by atoms with Crippen molar-refractivity contribution in [3.63, 3.8) is 0 Å². The fourth-order valence-corrected chi connectivity index (χ4v) is 6.33. The number of carbonyl (C=O) groups excluding carboxylic acids is 2. The van der Waals surface area contributed by atoms with Crippen LogP contribution >= 0.6 is 0 Å². The van der Waals surface area contributed by atoms with E-state index in [-0.39, 0.29) is 54.3 Å². The fraction of sp³-hybridized carbons (Fsp3) is 0.481. The van der Waals surface area contributed by atoms with Gasteiger partial charge in [-0.05, 0) is 62.4 Å². The number of aryl methyl sites for hydroxylation is 1. The molecule has 1 aliphatic heterocycles. The van der Waals surface area contributed by atoms with Gasteiger partial charge in [0, 0.05) is 38.8 Å². The Labute approximate surface area is 218 Å². The number of nitrogens with zero attached hydrogens (tertiary/aromatic N) is 3. The first kappa shape index (κ1) is 27.2. The molecule has 4 rings (SSSR count). The van der Waals surface area contributed by atoms with Crippen molar-refractivity contribution in [1.29, 1.82) is 0 Å². The largest absolute Gasteiger partial charge is 0.375 e. The third-order valence-electron chi connectivity index (χ3n) is 6.99. The first-order valence-corrected chi connectivity index (χ1v) is 14.0. The fourth-order valence-electron chi connectivity index (χ4n) is 4.69. The van der Waals surface area contributed by atoms with Crippen molar-refractivity contribution in [2.45, 2.75) is 56.1 Å². The van der Waals surface area contributed by atoms with Gasteiger partial charge < -0.3 is 14.5 Å². The standard InChI is InChI=1S/C27H34FN3O5S/c1-20-3-11-25(12-4-20)37(34,35)31(24-9-10-24)18-26(32)30(17-21-5-7-22(28)8-6-21)23-13-15-29(16-14-23)27(33)19-36-2/h3-8,11-12,23-24H,9-10,13-19H2,1-2H3. The van der Waals surface area contributed by atoms with Crippen molar-refractivity contribution >= 4 is 21.8 Å². The van der Waals surface area contributed by atoms with E-state index in [9.17, 15) is 22.4 Å². The number of likely N-dealkylation sites (tertiary alicyclic amines) is 1. The maximum Gasteiger partial charge on any atom is 0.248 e. The average Bonchev–Trinajstić information content (AvgIpc) is 3.72. The van der Waals surface area contributed by atoms with Crippen molar-refractivity contribution in [3.8, 4) is 0 Å². The highest BCUT2D eigenvalue weighted by Gasteiger charge is 2.41. The van der Waals surface area contributed by atoms with Crippen LogP contribution in [0.1, 0.15) is 36.8 Å². The molecule has 1 aliphatic carbocycles. The highest BCUT2D eigenvalue weighted by Crippen LogP contribution is 2.32. The molecule has 10 heteroatoms. The second-order valence-electron chi connectivity index (χ2n) is 9.79. The van der Waals surface area contributed by atoms with Gasteiger partial charge in [-0.25, -0.2) is 12.8 Å². The summed E-state index contributed by atoms with van der Waals surface area (Å²) < 4.78 is 46.8. The van der Waals surface area contributed by atoms with Crippen molar-refractivity contribution in [1.82, 2.24) is 14.1 Å². The minimum absolute atomic E-state index is 0.0100. The monoisotopic (exact) mass is 531 g/mol. The van der Waals surface area contributed by atoms with Crippen LogP contribution in [0.15, 0.2) is 53.4 Å². The molecule has 2 aliphatic rings. The van der Waals surface area contributed by atoms with E-state index in [0.717, 1.165) is 24.0 Å². The summed E-state index contributed by atoms with van der Waals surface area (Å²) >= 11 is 0. The Morgan fingerprint density at radius 1 is 0.973 bits per heavy atom. The molecule has 0 bridgehead atoms. The third kappa shape index (κ3) is 6.74. The summed E-state index contributed by atoms with van der Waals surface area (Å²) in [6, 6.07) is 12.2. The Morgan fingerprint density at radius 2 is 1.59 bits per heavy atom. The van der Waals surface area contributed by atoms with Crippen molar-refractivity contribution in [2.24, 2.45) is 0 Å². The van der Waals surface area contributed by atoms with Crippen LogP contribution in [0.4, 0.5) is 4.39 Å². The molecule has 0 aromatic heterocycles. The lowest BCUT2D eigenvalue weighted by Crippen LogP contribution is -2.52. The van der Waals surface area contributed by atoms with E-state index < -0.39 is 10.0 Å². The van der Waals surface area contributed by atoms with Crippen LogP contribution in [0.2, 0.25) is 0 Å². The zero-order valence-corrected chi connectivity index (χ0v) is 22.1. The van der Waals surface area contributed by atoms with E-state index in [4.69, 9.17) is 4.74 Å². The van der Waals surface area contributed by atoms with Gasteiger partial charge in [-0.1, -0.05) is 29.8 Å². The second-order valence-corrected chi connectivity index (χ2v) is 11.7. The number of halogens is 1. The Kier molecular flexibility index (Phi) is 8.61. The van der Waals surface area contributed by atoms with Gasteiger partial charge in [-0.15, -0.1) is 0 Å². The highest BCUT2D eigenvalue weighted by molar-refractivity contribution is 7.89. The van der Waals surface area contributed by atoms with Crippen molar-refractivity contribution in [2.75, 3.05) is 33.4 Å². The third-order valence-corrected chi connectivity index (χ3v) is 8.90. The van der Waals surface area contributed by atoms with E-state index in [1.54, 1.807) is 46.2 Å². The summed E-state index contributed by atoms with van der Waals surface area (Å²) in [4.78, 5) is 29.6. The van der Waals surface area contributed by atoms with Crippen molar-refractivity contribution in [3.05, 3.63) is 65.5 Å². The van der Waals surface area contributed by atoms with Crippen LogP contribution in [0.25, 0.3) is 0 Å². The number of benzene rings is 2. The maximum atomic E-state index is 13.8. The maximum absolute atomic E-state index is 13.8. The first-order valence-electron chi connectivity index (χ1n) is 12.6. The van der Waals surface area contributed by atoms with Crippen LogP contribution in [0.3, 0.4) is 0 Å². The summed E-state index contributed by atoms with van der Waals surface area (Å²) in [5, 5.41) is 0. The van der Waals surface area contributed by atoms with Gasteiger partial charge in [0.25, 0.3) is 0 Å². The highest BCUT2D eigenvalue weighted by atomic mass is 32.2. The molecule has 0 N–H and O–H groups in total. The van der Waals surface area contributed by atoms with Gasteiger partial charge >= 0.3 is 0 Å². The molecule has 0 radical (unpaired) electrons. The zero-order chi connectivity index (χ0) is 26.6. The molecule has 8 nitrogen and oxygen atoms in total. The van der Waals surface area contributed by atoms with Crippen LogP contribution in [-0.2, 0) is 30.9 Å². The number of ether oxygens (including phenoxy) is 1. The van der Waals surface area contributed by atoms with Gasteiger partial charge in [-0.3, -0.25) is 9.59 Å². The zero-order valence-electron chi connectivity index (χ0n) is 21.3. The lowest BCUT2D eigenvalue weighted by molar-refractivity contribution is -0.139. The molecule has 2 fully saturated rings. The van der Waals surface area contributed by atoms with E-state index in [2.05, 4.69) is 0 Å². The Morgan fingerprint density at radius 3 is 2.16 bits per heavy atom. The number of methoxy groups -OCH3 is 1. The molecule has 2 amide bonds. The normalized spacial score (nSPS) is 16.7. The van der Waals surface area contributed by atoms with E-state index in [0.29, 0.717) is 25.9 Å². The molecule has 0 unspecified atom stereocenters. The minimum atomic E-state index is -3.85. The quantitative estimate of drug-likeness (QED) is 0.471. The van der Waals surface area contributed by atoms with Gasteiger partial charge in [0.1, 0.15) is 12.4 Å². The van der Waals surface area contributed by atoms with Gasteiger partial charge in [0.05, 0.1) is 11.4 Å². The number of sulfonamides is 1. The molecule has 1 saturated heterocycles. The molecule has 37 heavy (non-hydrogen) atoms. The Hall–Kier alpha value is -2.82. The smallest absolute Gasteiger partial charge is 0.248 e. The topological polar surface area (TPSA) is 87.2 Å². The van der Waals surface area contributed by atoms with E-state index in [1.807, 2.05) is 6.92 Å². The number of amides is 2. The SMILES string of the molecule is COCC(=O)N1CCC(N(Cc2ccc(F)cc2)C(=O)CN(C2CC2)S(=O)(=O)c2ccc(C)cc2)CC1. The number of piperidine rings is 1. The summed E-state index contributed by atoms with van der Waals surface area (Å²) in [6.45, 7) is 2.84. The summed E-state index contributed by atoms with van der Waals surface area (Å²) in [5.74, 6) is -0.759. The van der Waals surface area contributed by atoms with Crippen LogP contribution in [0.5, 0.6) is 0 Å². The minimum Gasteiger partial charge on any atom is -0.375 e. The van der Waals surface area contributed by atoms with Gasteiger partial charge in [-0.2, -0.15) is 4.31 Å². The molecular weight excluding hydrogens is 497 g/mol. The average molecular weight is 532 g/mol. The van der Waals surface area contributed by atoms with Crippen LogP contribution in [0, 0.1) is 12.7 Å². The summed E-state index contributed by atoms with van der Waals surface area (Å²) in [7, 11) is -2.37. The van der Waals surface area contributed by atoms with Gasteiger partial charge in [0.15, 0.2) is 0 Å². The van der Waals surface area contributed by atoms with Crippen LogP contribution < -0.4 is 0 Å². The van der Waals surface area contributed by atoms with E-state index in [1.165, 1.54) is 23.5 Å². The molecule has 200 valence electrons. The molecule has 0 spiro atoms. The number of hydrogen-bond donors (Lipinski definition) is 0. The summed E-state index contributed by atoms with van der Waals surface area (Å²) in [6.07, 6.45) is 2.57. The second kappa shape index (κ2) is 11.7. The molecule has 0 atom stereocenters. The number of rotatable bonds is 10. The van der Waals surface area contributed by atoms with E-state index >= 15 is 0 Å². The predicted molar refractivity (Wildman–Crippen MR) is 137 cm³/mol. The number of carbonyl (C=O) groups is 2.